The van der Waals surface area contributed by atoms with E-state index in [1.807, 2.05) is 0 Å². The highest BCUT2D eigenvalue weighted by Crippen LogP contribution is 2.08. The lowest BCUT2D eigenvalue weighted by Gasteiger charge is -2.05. The first kappa shape index (κ1) is 11.8. The van der Waals surface area contributed by atoms with Gasteiger partial charge in [-0.05, 0) is 11.6 Å². The molecule has 0 aliphatic rings. The zero-order chi connectivity index (χ0) is 12.0. The molecule has 0 saturated carbocycles. The Kier molecular flexibility index (Phi) is 4.10. The van der Waals surface area contributed by atoms with E-state index in [1.54, 1.807) is 24.3 Å². The summed E-state index contributed by atoms with van der Waals surface area (Å²) < 4.78 is 0. The van der Waals surface area contributed by atoms with Crippen LogP contribution in [0.3, 0.4) is 0 Å². The third kappa shape index (κ3) is 3.14. The van der Waals surface area contributed by atoms with Gasteiger partial charge in [0.1, 0.15) is 0 Å². The van der Waals surface area contributed by atoms with Crippen molar-refractivity contribution in [3.05, 3.63) is 35.4 Å². The molecule has 1 aromatic rings. The Morgan fingerprint density at radius 2 is 2.06 bits per heavy atom. The van der Waals surface area contributed by atoms with Crippen LogP contribution in [0.5, 0.6) is 0 Å². The molecule has 4 heteroatoms. The van der Waals surface area contributed by atoms with Crippen molar-refractivity contribution in [1.82, 2.24) is 5.32 Å². The molecule has 82 valence electrons. The molecule has 1 rings (SSSR count). The Morgan fingerprint density at radius 3 is 2.69 bits per heavy atom. The van der Waals surface area contributed by atoms with E-state index in [2.05, 4.69) is 11.2 Å². The highest BCUT2D eigenvalue weighted by atomic mass is 16.2. The van der Waals surface area contributed by atoms with Crippen LogP contribution >= 0.6 is 0 Å². The second-order valence-electron chi connectivity index (χ2n) is 3.18. The average molecular weight is 216 g/mol. The highest BCUT2D eigenvalue weighted by molar-refractivity contribution is 5.95. The normalized spacial score (nSPS) is 9.19. The van der Waals surface area contributed by atoms with Crippen molar-refractivity contribution < 1.29 is 9.59 Å². The molecule has 0 unspecified atom stereocenters. The van der Waals surface area contributed by atoms with E-state index in [-0.39, 0.29) is 18.9 Å². The van der Waals surface area contributed by atoms with Crippen LogP contribution in [0.4, 0.5) is 0 Å². The monoisotopic (exact) mass is 216 g/mol. The lowest BCUT2D eigenvalue weighted by molar-refractivity contribution is -0.120. The van der Waals surface area contributed by atoms with Gasteiger partial charge in [-0.1, -0.05) is 24.1 Å². The van der Waals surface area contributed by atoms with Crippen molar-refractivity contribution in [3.63, 3.8) is 0 Å². The maximum Gasteiger partial charge on any atom is 0.248 e. The molecular formula is C12H12N2O2. The van der Waals surface area contributed by atoms with Crippen LogP contribution in [0.2, 0.25) is 0 Å². The van der Waals surface area contributed by atoms with E-state index >= 15 is 0 Å². The van der Waals surface area contributed by atoms with Gasteiger partial charge in [0.15, 0.2) is 0 Å². The van der Waals surface area contributed by atoms with Crippen LogP contribution in [0.25, 0.3) is 0 Å². The molecule has 0 heterocycles. The number of carbonyl (C=O) groups excluding carboxylic acids is 2. The number of amides is 2. The summed E-state index contributed by atoms with van der Waals surface area (Å²) >= 11 is 0. The van der Waals surface area contributed by atoms with Crippen LogP contribution in [0, 0.1) is 12.3 Å². The van der Waals surface area contributed by atoms with E-state index in [4.69, 9.17) is 12.2 Å². The van der Waals surface area contributed by atoms with Crippen LogP contribution in [-0.2, 0) is 11.2 Å². The minimum Gasteiger partial charge on any atom is -0.366 e. The summed E-state index contributed by atoms with van der Waals surface area (Å²) in [6.45, 7) is 0.178. The van der Waals surface area contributed by atoms with E-state index in [0.29, 0.717) is 11.1 Å². The number of nitrogens with two attached hydrogens (primary N) is 1. The fraction of sp³-hybridized carbons (Fsp3) is 0.167. The fourth-order valence-corrected chi connectivity index (χ4v) is 1.30. The molecule has 16 heavy (non-hydrogen) atoms. The Balaban J connectivity index is 2.77. The first-order valence-electron chi connectivity index (χ1n) is 4.73. The van der Waals surface area contributed by atoms with E-state index in [9.17, 15) is 9.59 Å². The average Bonchev–Trinajstić information content (AvgIpc) is 2.27. The Morgan fingerprint density at radius 1 is 1.38 bits per heavy atom. The van der Waals surface area contributed by atoms with Crippen molar-refractivity contribution in [2.75, 3.05) is 6.54 Å². The van der Waals surface area contributed by atoms with Crippen LogP contribution < -0.4 is 11.1 Å². The molecule has 1 aromatic carbocycles. The number of primary amides is 1. The lowest BCUT2D eigenvalue weighted by Crippen LogP contribution is -2.26. The van der Waals surface area contributed by atoms with Gasteiger partial charge in [-0.25, -0.2) is 0 Å². The zero-order valence-corrected chi connectivity index (χ0v) is 8.69. The molecule has 0 spiro atoms. The summed E-state index contributed by atoms with van der Waals surface area (Å²) in [5, 5.41) is 2.52. The highest BCUT2D eigenvalue weighted by Gasteiger charge is 2.10. The first-order valence-corrected chi connectivity index (χ1v) is 4.73. The largest absolute Gasteiger partial charge is 0.366 e. The van der Waals surface area contributed by atoms with E-state index < -0.39 is 5.91 Å². The Labute approximate surface area is 93.8 Å². The van der Waals surface area contributed by atoms with Crippen molar-refractivity contribution in [2.24, 2.45) is 5.73 Å². The van der Waals surface area contributed by atoms with Crippen LogP contribution in [0.15, 0.2) is 24.3 Å². The van der Waals surface area contributed by atoms with Gasteiger partial charge in [-0.3, -0.25) is 9.59 Å². The van der Waals surface area contributed by atoms with Gasteiger partial charge >= 0.3 is 0 Å². The summed E-state index contributed by atoms with van der Waals surface area (Å²) in [6.07, 6.45) is 5.11. The fourth-order valence-electron chi connectivity index (χ4n) is 1.30. The summed E-state index contributed by atoms with van der Waals surface area (Å²) in [4.78, 5) is 22.5. The van der Waals surface area contributed by atoms with Gasteiger partial charge in [0.05, 0.1) is 13.0 Å². The summed E-state index contributed by atoms with van der Waals surface area (Å²) in [5.74, 6) is 1.53. The van der Waals surface area contributed by atoms with Crippen LogP contribution in [-0.4, -0.2) is 18.4 Å². The molecule has 4 nitrogen and oxygen atoms in total. The van der Waals surface area contributed by atoms with Gasteiger partial charge in [0, 0.05) is 5.56 Å². The van der Waals surface area contributed by atoms with Gasteiger partial charge in [-0.2, -0.15) is 0 Å². The number of hydrogen-bond acceptors (Lipinski definition) is 2. The SMILES string of the molecule is C#CCNC(=O)Cc1ccccc1C(N)=O. The second kappa shape index (κ2) is 5.56. The first-order chi connectivity index (χ1) is 7.65. The Hall–Kier alpha value is -2.28. The number of benzene rings is 1. The smallest absolute Gasteiger partial charge is 0.248 e. The number of hydrogen-bond donors (Lipinski definition) is 2. The van der Waals surface area contributed by atoms with Crippen molar-refractivity contribution in [3.8, 4) is 12.3 Å². The topological polar surface area (TPSA) is 72.2 Å². The number of carbonyl (C=O) groups is 2. The van der Waals surface area contributed by atoms with Gasteiger partial charge in [0.25, 0.3) is 0 Å². The summed E-state index contributed by atoms with van der Waals surface area (Å²) in [7, 11) is 0. The predicted octanol–water partition coefficient (Wildman–Crippen LogP) is 0.0774. The van der Waals surface area contributed by atoms with Crippen LogP contribution in [0.1, 0.15) is 15.9 Å². The second-order valence-corrected chi connectivity index (χ2v) is 3.18. The lowest BCUT2D eigenvalue weighted by atomic mass is 10.0. The maximum atomic E-state index is 11.4. The maximum absolute atomic E-state index is 11.4. The molecule has 0 radical (unpaired) electrons. The molecule has 0 aliphatic carbocycles. The quantitative estimate of drug-likeness (QED) is 0.699. The van der Waals surface area contributed by atoms with Gasteiger partial charge in [-0.15, -0.1) is 6.42 Å². The van der Waals surface area contributed by atoms with Gasteiger partial charge in [0.2, 0.25) is 11.8 Å². The summed E-state index contributed by atoms with van der Waals surface area (Å²) in [6, 6.07) is 6.72. The standard InChI is InChI=1S/C12H12N2O2/c1-2-7-14-11(15)8-9-5-3-4-6-10(9)12(13)16/h1,3-6H,7-8H2,(H2,13,16)(H,14,15). The molecule has 2 amide bonds. The van der Waals surface area contributed by atoms with E-state index in [1.165, 1.54) is 0 Å². The molecule has 3 N–H and O–H groups in total. The molecular weight excluding hydrogens is 204 g/mol. The van der Waals surface area contributed by atoms with Crippen molar-refractivity contribution in [1.29, 1.82) is 0 Å². The Bertz CT molecular complexity index is 447. The molecule has 0 bridgehead atoms. The molecule has 0 fully saturated rings. The molecule has 0 atom stereocenters. The number of nitrogens with one attached hydrogen (secondary N) is 1. The minimum atomic E-state index is -0.541. The predicted molar refractivity (Wildman–Crippen MR) is 60.5 cm³/mol. The van der Waals surface area contributed by atoms with Crippen molar-refractivity contribution >= 4 is 11.8 Å². The molecule has 0 aromatic heterocycles. The molecule has 0 aliphatic heterocycles. The van der Waals surface area contributed by atoms with Gasteiger partial charge < -0.3 is 11.1 Å². The zero-order valence-electron chi connectivity index (χ0n) is 8.69. The molecule has 0 saturated heterocycles. The number of rotatable bonds is 4. The minimum absolute atomic E-state index is 0.0980. The third-order valence-corrected chi connectivity index (χ3v) is 2.02. The summed E-state index contributed by atoms with van der Waals surface area (Å²) in [5.41, 5.74) is 6.15. The van der Waals surface area contributed by atoms with E-state index in [0.717, 1.165) is 0 Å². The van der Waals surface area contributed by atoms with Crippen molar-refractivity contribution in [2.45, 2.75) is 6.42 Å². The number of terminal acetylenes is 1. The third-order valence-electron chi connectivity index (χ3n) is 2.02.